The lowest BCUT2D eigenvalue weighted by atomic mass is 9.51. The molecular weight excluding hydrogens is 359 g/mol. The third-order valence-electron chi connectivity index (χ3n) is 6.20. The molecule has 0 saturated heterocycles. The molecule has 2 aromatic carbocycles. The van der Waals surface area contributed by atoms with E-state index in [-0.39, 0.29) is 11.9 Å². The van der Waals surface area contributed by atoms with Crippen molar-refractivity contribution in [1.29, 1.82) is 0 Å². The summed E-state index contributed by atoms with van der Waals surface area (Å²) in [5, 5.41) is 4.43. The normalized spacial score (nSPS) is 18.4. The van der Waals surface area contributed by atoms with Crippen molar-refractivity contribution in [3.8, 4) is 0 Å². The molecule has 1 aliphatic heterocycles. The second kappa shape index (κ2) is 5.99. The van der Waals surface area contributed by atoms with Crippen LogP contribution in [0.15, 0.2) is 36.4 Å². The van der Waals surface area contributed by atoms with Crippen LogP contribution < -0.4 is 5.32 Å². The average Bonchev–Trinajstić information content (AvgIpc) is 3.26. The molecule has 1 unspecified atom stereocenters. The van der Waals surface area contributed by atoms with E-state index in [2.05, 4.69) is 59.3 Å². The molecule has 0 radical (unpaired) electrons. The van der Waals surface area contributed by atoms with Gasteiger partial charge in [-0.2, -0.15) is 0 Å². The molecule has 5 nitrogen and oxygen atoms in total. The Hall–Kier alpha value is -3.02. The second-order valence-electron chi connectivity index (χ2n) is 8.92. The Labute approximate surface area is 169 Å². The smallest absolute Gasteiger partial charge is 0.252 e. The van der Waals surface area contributed by atoms with Crippen LogP contribution in [0.3, 0.4) is 0 Å². The summed E-state index contributed by atoms with van der Waals surface area (Å²) in [6.45, 7) is 4.98. The van der Waals surface area contributed by atoms with Gasteiger partial charge in [0.1, 0.15) is 12.5 Å². The number of aromatic nitrogens is 3. The summed E-state index contributed by atoms with van der Waals surface area (Å²) in [5.74, 6) is 1.62. The maximum absolute atomic E-state index is 12.9. The van der Waals surface area contributed by atoms with E-state index >= 15 is 0 Å². The minimum Gasteiger partial charge on any atom is -0.359 e. The Morgan fingerprint density at radius 1 is 1.10 bits per heavy atom. The van der Waals surface area contributed by atoms with Gasteiger partial charge in [-0.1, -0.05) is 31.8 Å². The fourth-order valence-electron chi connectivity index (χ4n) is 4.71. The highest BCUT2D eigenvalue weighted by atomic mass is 16.2. The van der Waals surface area contributed by atoms with E-state index in [4.69, 9.17) is 4.98 Å². The molecule has 4 aromatic rings. The Kier molecular flexibility index (Phi) is 3.49. The van der Waals surface area contributed by atoms with Crippen LogP contribution in [0.1, 0.15) is 57.8 Å². The molecule has 1 fully saturated rings. The Balaban J connectivity index is 1.54. The molecule has 2 aliphatic rings. The standard InChI is InChI=1S/C23H23BN4O/c1-24(2)11-19-20(13-5-3-4-6-16(13)25-19)21-14-9-17-18(10-15(14)23(29)28-21)27-22(26-17)12-7-8-12/h3-6,9-10,12,21,25H,7-8,11H2,1-2H3,(H,26,27)(H,28,29). The highest BCUT2D eigenvalue weighted by Gasteiger charge is 2.35. The highest BCUT2D eigenvalue weighted by Crippen LogP contribution is 2.41. The Morgan fingerprint density at radius 2 is 1.93 bits per heavy atom. The predicted octanol–water partition coefficient (Wildman–Crippen LogP) is 4.59. The van der Waals surface area contributed by atoms with Crippen LogP contribution in [0.5, 0.6) is 0 Å². The largest absolute Gasteiger partial charge is 0.359 e. The SMILES string of the molecule is CB(C)Cc1[nH]c2ccccc2c1C1NC(=O)c2cc3nc(C4CC4)[nH]c3cc21. The van der Waals surface area contributed by atoms with E-state index in [1.54, 1.807) is 0 Å². The molecule has 1 amide bonds. The number of rotatable bonds is 4. The number of imidazole rings is 1. The molecule has 2 aromatic heterocycles. The minimum atomic E-state index is -0.139. The third-order valence-corrected chi connectivity index (χ3v) is 6.20. The first kappa shape index (κ1) is 16.9. The summed E-state index contributed by atoms with van der Waals surface area (Å²) < 4.78 is 0. The van der Waals surface area contributed by atoms with Crippen LogP contribution in [0.25, 0.3) is 21.9 Å². The molecule has 144 valence electrons. The van der Waals surface area contributed by atoms with Gasteiger partial charge >= 0.3 is 0 Å². The van der Waals surface area contributed by atoms with Crippen molar-refractivity contribution in [3.05, 3.63) is 64.6 Å². The first-order chi connectivity index (χ1) is 14.1. The summed E-state index contributed by atoms with van der Waals surface area (Å²) in [6.07, 6.45) is 3.36. The first-order valence-electron chi connectivity index (χ1n) is 10.5. The molecule has 1 saturated carbocycles. The monoisotopic (exact) mass is 382 g/mol. The summed E-state index contributed by atoms with van der Waals surface area (Å²) in [5.41, 5.74) is 7.24. The summed E-state index contributed by atoms with van der Waals surface area (Å²) >= 11 is 0. The van der Waals surface area contributed by atoms with Gasteiger partial charge in [0, 0.05) is 33.6 Å². The number of nitrogens with zero attached hydrogens (tertiary/aromatic N) is 1. The van der Waals surface area contributed by atoms with Crippen LogP contribution in [-0.4, -0.2) is 27.6 Å². The summed E-state index contributed by atoms with van der Waals surface area (Å²) in [6, 6.07) is 12.3. The highest BCUT2D eigenvalue weighted by molar-refractivity contribution is 6.55. The van der Waals surface area contributed by atoms with Gasteiger partial charge < -0.3 is 15.3 Å². The van der Waals surface area contributed by atoms with Crippen LogP contribution in [0.4, 0.5) is 0 Å². The van der Waals surface area contributed by atoms with Crippen LogP contribution in [0.2, 0.25) is 13.6 Å². The van der Waals surface area contributed by atoms with Crippen molar-refractivity contribution in [2.75, 3.05) is 0 Å². The van der Waals surface area contributed by atoms with Crippen LogP contribution >= 0.6 is 0 Å². The zero-order chi connectivity index (χ0) is 19.7. The summed E-state index contributed by atoms with van der Waals surface area (Å²) in [4.78, 5) is 24.7. The van der Waals surface area contributed by atoms with Crippen LogP contribution in [0, 0.1) is 0 Å². The average molecular weight is 382 g/mol. The van der Waals surface area contributed by atoms with Gasteiger partial charge in [-0.15, -0.1) is 0 Å². The molecule has 1 atom stereocenters. The zero-order valence-electron chi connectivity index (χ0n) is 16.7. The fraction of sp³-hybridized carbons (Fsp3) is 0.304. The maximum Gasteiger partial charge on any atom is 0.252 e. The Bertz CT molecular complexity index is 1280. The van der Waals surface area contributed by atoms with E-state index < -0.39 is 0 Å². The number of carbonyl (C=O) groups is 1. The molecule has 6 rings (SSSR count). The van der Waals surface area contributed by atoms with Gasteiger partial charge in [0.15, 0.2) is 0 Å². The van der Waals surface area contributed by atoms with E-state index in [9.17, 15) is 4.79 Å². The number of carbonyl (C=O) groups excluding carboxylic acids is 1. The number of fused-ring (bicyclic) bond motifs is 3. The quantitative estimate of drug-likeness (QED) is 0.452. The fourth-order valence-corrected chi connectivity index (χ4v) is 4.71. The number of aromatic amines is 2. The molecular formula is C23H23BN4O. The lowest BCUT2D eigenvalue weighted by Crippen LogP contribution is -2.21. The number of hydrogen-bond donors (Lipinski definition) is 3. The molecule has 0 spiro atoms. The molecule has 6 heteroatoms. The van der Waals surface area contributed by atoms with Crippen molar-refractivity contribution < 1.29 is 4.79 Å². The lowest BCUT2D eigenvalue weighted by molar-refractivity contribution is 0.0960. The zero-order valence-corrected chi connectivity index (χ0v) is 16.7. The molecule has 29 heavy (non-hydrogen) atoms. The first-order valence-corrected chi connectivity index (χ1v) is 10.5. The van der Waals surface area contributed by atoms with E-state index in [0.717, 1.165) is 39.8 Å². The van der Waals surface area contributed by atoms with Crippen molar-refractivity contribution in [2.45, 2.75) is 44.8 Å². The van der Waals surface area contributed by atoms with Crippen molar-refractivity contribution >= 4 is 34.6 Å². The van der Waals surface area contributed by atoms with E-state index in [1.807, 2.05) is 6.07 Å². The van der Waals surface area contributed by atoms with Crippen molar-refractivity contribution in [3.63, 3.8) is 0 Å². The van der Waals surface area contributed by atoms with Gasteiger partial charge in [0.05, 0.1) is 17.1 Å². The number of hydrogen-bond acceptors (Lipinski definition) is 2. The number of H-pyrrole nitrogens is 2. The van der Waals surface area contributed by atoms with Crippen molar-refractivity contribution in [1.82, 2.24) is 20.3 Å². The number of nitrogens with one attached hydrogen (secondary N) is 3. The number of para-hydroxylation sites is 1. The Morgan fingerprint density at radius 3 is 2.72 bits per heavy atom. The third kappa shape index (κ3) is 2.62. The second-order valence-corrected chi connectivity index (χ2v) is 8.92. The number of benzene rings is 2. The maximum atomic E-state index is 12.9. The minimum absolute atomic E-state index is 0.0105. The molecule has 0 bridgehead atoms. The molecule has 1 aliphatic carbocycles. The lowest BCUT2D eigenvalue weighted by Gasteiger charge is -2.15. The van der Waals surface area contributed by atoms with Gasteiger partial charge in [0.25, 0.3) is 5.91 Å². The number of amides is 1. The van der Waals surface area contributed by atoms with Crippen LogP contribution in [-0.2, 0) is 6.32 Å². The molecule has 3 N–H and O–H groups in total. The van der Waals surface area contributed by atoms with Gasteiger partial charge in [-0.05, 0) is 42.9 Å². The van der Waals surface area contributed by atoms with Gasteiger partial charge in [-0.3, -0.25) is 4.79 Å². The van der Waals surface area contributed by atoms with Crippen molar-refractivity contribution in [2.24, 2.45) is 0 Å². The predicted molar refractivity (Wildman–Crippen MR) is 117 cm³/mol. The summed E-state index contributed by atoms with van der Waals surface area (Å²) in [7, 11) is 0. The van der Waals surface area contributed by atoms with E-state index in [1.165, 1.54) is 29.5 Å². The van der Waals surface area contributed by atoms with Gasteiger partial charge in [-0.25, -0.2) is 4.98 Å². The van der Waals surface area contributed by atoms with E-state index in [0.29, 0.717) is 12.6 Å². The van der Waals surface area contributed by atoms with Gasteiger partial charge in [0.2, 0.25) is 0 Å². The topological polar surface area (TPSA) is 73.6 Å². The molecule has 3 heterocycles.